The van der Waals surface area contributed by atoms with Crippen molar-refractivity contribution in [2.75, 3.05) is 26.3 Å². The Morgan fingerprint density at radius 3 is 2.96 bits per heavy atom. The fraction of sp³-hybridized carbons (Fsp3) is 0.611. The molecule has 24 heavy (non-hydrogen) atoms. The van der Waals surface area contributed by atoms with Crippen LogP contribution >= 0.6 is 0 Å². The number of rotatable bonds is 7. The second-order valence-corrected chi connectivity index (χ2v) is 6.07. The van der Waals surface area contributed by atoms with E-state index >= 15 is 0 Å². The Hall–Kier alpha value is -1.82. The van der Waals surface area contributed by atoms with E-state index in [9.17, 15) is 9.18 Å². The number of amides is 2. The number of hydrogen-bond acceptors (Lipinski definition) is 3. The summed E-state index contributed by atoms with van der Waals surface area (Å²) in [4.78, 5) is 14.4. The molecule has 1 aromatic rings. The second kappa shape index (κ2) is 9.47. The third-order valence-electron chi connectivity index (χ3n) is 4.21. The number of fused-ring (bicyclic) bond motifs is 1. The molecular weight excluding hydrogens is 311 g/mol. The highest BCUT2D eigenvalue weighted by Gasteiger charge is 2.25. The fourth-order valence-electron chi connectivity index (χ4n) is 2.89. The van der Waals surface area contributed by atoms with Gasteiger partial charge in [-0.05, 0) is 31.7 Å². The van der Waals surface area contributed by atoms with Gasteiger partial charge in [-0.25, -0.2) is 9.18 Å². The van der Waals surface area contributed by atoms with E-state index in [1.54, 1.807) is 17.0 Å². The smallest absolute Gasteiger partial charge is 0.317 e. The number of hydrogen-bond donors (Lipinski definition) is 2. The van der Waals surface area contributed by atoms with E-state index < -0.39 is 5.82 Å². The Balaban J connectivity index is 2.10. The van der Waals surface area contributed by atoms with Crippen LogP contribution in [0.4, 0.5) is 9.18 Å². The molecule has 1 aliphatic rings. The molecule has 0 aliphatic carbocycles. The van der Waals surface area contributed by atoms with Crippen LogP contribution in [0.3, 0.4) is 0 Å². The molecule has 2 N–H and O–H groups in total. The molecule has 0 fully saturated rings. The van der Waals surface area contributed by atoms with Crippen molar-refractivity contribution in [3.05, 3.63) is 29.6 Å². The van der Waals surface area contributed by atoms with Crippen molar-refractivity contribution in [1.82, 2.24) is 10.2 Å². The van der Waals surface area contributed by atoms with Crippen LogP contribution in [0, 0.1) is 5.82 Å². The molecule has 2 rings (SSSR count). The molecule has 1 atom stereocenters. The number of para-hydroxylation sites is 1. The zero-order chi connectivity index (χ0) is 17.4. The van der Waals surface area contributed by atoms with Crippen LogP contribution < -0.4 is 10.1 Å². The molecule has 2 amide bonds. The first-order valence-electron chi connectivity index (χ1n) is 8.74. The molecule has 0 bridgehead atoms. The van der Waals surface area contributed by atoms with Gasteiger partial charge < -0.3 is 20.1 Å². The van der Waals surface area contributed by atoms with E-state index in [1.807, 2.05) is 0 Å². The molecule has 0 saturated heterocycles. The lowest BCUT2D eigenvalue weighted by molar-refractivity contribution is 0.184. The topological polar surface area (TPSA) is 61.8 Å². The van der Waals surface area contributed by atoms with Crippen molar-refractivity contribution in [3.8, 4) is 5.75 Å². The number of aliphatic hydroxyl groups excluding tert-OH is 1. The fourth-order valence-corrected chi connectivity index (χ4v) is 2.89. The van der Waals surface area contributed by atoms with Crippen LogP contribution in [0.2, 0.25) is 0 Å². The summed E-state index contributed by atoms with van der Waals surface area (Å²) in [5.74, 6) is -0.146. The van der Waals surface area contributed by atoms with Gasteiger partial charge in [0.2, 0.25) is 0 Å². The van der Waals surface area contributed by atoms with Gasteiger partial charge in [0.1, 0.15) is 0 Å². The average Bonchev–Trinajstić information content (AvgIpc) is 2.78. The summed E-state index contributed by atoms with van der Waals surface area (Å²) in [7, 11) is 0. The highest BCUT2D eigenvalue weighted by Crippen LogP contribution is 2.33. The molecule has 0 spiro atoms. The molecule has 1 heterocycles. The summed E-state index contributed by atoms with van der Waals surface area (Å²) < 4.78 is 19.5. The van der Waals surface area contributed by atoms with Crippen LogP contribution in [0.1, 0.15) is 50.6 Å². The molecule has 1 aromatic carbocycles. The van der Waals surface area contributed by atoms with Crippen LogP contribution in [-0.4, -0.2) is 42.3 Å². The third-order valence-corrected chi connectivity index (χ3v) is 4.21. The Kier molecular flexibility index (Phi) is 7.31. The summed E-state index contributed by atoms with van der Waals surface area (Å²) >= 11 is 0. The van der Waals surface area contributed by atoms with Crippen molar-refractivity contribution < 1.29 is 19.0 Å². The first-order chi connectivity index (χ1) is 11.7. The van der Waals surface area contributed by atoms with E-state index in [2.05, 4.69) is 12.2 Å². The Labute approximate surface area is 142 Å². The third kappa shape index (κ3) is 4.84. The molecule has 1 aliphatic heterocycles. The van der Waals surface area contributed by atoms with Crippen molar-refractivity contribution in [3.63, 3.8) is 0 Å². The quantitative estimate of drug-likeness (QED) is 0.802. The van der Waals surface area contributed by atoms with Gasteiger partial charge >= 0.3 is 6.03 Å². The number of carbonyl (C=O) groups is 1. The van der Waals surface area contributed by atoms with Gasteiger partial charge in [-0.15, -0.1) is 0 Å². The molecule has 5 nitrogen and oxygen atoms in total. The van der Waals surface area contributed by atoms with Gasteiger partial charge in [-0.3, -0.25) is 0 Å². The first-order valence-corrected chi connectivity index (χ1v) is 8.74. The largest absolute Gasteiger partial charge is 0.490 e. The maximum absolute atomic E-state index is 14.0. The number of carbonyl (C=O) groups excluding carboxylic acids is 1. The summed E-state index contributed by atoms with van der Waals surface area (Å²) in [6, 6.07) is 4.39. The van der Waals surface area contributed by atoms with Crippen molar-refractivity contribution >= 4 is 6.03 Å². The Morgan fingerprint density at radius 2 is 2.21 bits per heavy atom. The summed E-state index contributed by atoms with van der Waals surface area (Å²) in [6.45, 7) is 3.75. The highest BCUT2D eigenvalue weighted by molar-refractivity contribution is 5.75. The first kappa shape index (κ1) is 18.5. The predicted octanol–water partition coefficient (Wildman–Crippen LogP) is 3.23. The van der Waals surface area contributed by atoms with E-state index in [0.29, 0.717) is 38.1 Å². The number of nitrogens with zero attached hydrogens (tertiary/aromatic N) is 1. The van der Waals surface area contributed by atoms with Crippen LogP contribution in [0.25, 0.3) is 0 Å². The molecular formula is C18H27FN2O3. The minimum absolute atomic E-state index is 0.0568. The number of nitrogens with one attached hydrogen (secondary N) is 1. The van der Waals surface area contributed by atoms with E-state index in [4.69, 9.17) is 9.84 Å². The minimum Gasteiger partial charge on any atom is -0.490 e. The van der Waals surface area contributed by atoms with E-state index in [0.717, 1.165) is 19.3 Å². The lowest BCUT2D eigenvalue weighted by Gasteiger charge is -2.26. The van der Waals surface area contributed by atoms with Crippen molar-refractivity contribution in [2.45, 2.75) is 45.1 Å². The number of benzene rings is 1. The molecule has 0 aromatic heterocycles. The standard InChI is InChI=1S/C18H27FN2O3/c1-2-3-10-21(11-6-12-22)18(23)20-16-9-5-13-24-17-14(16)7-4-8-15(17)19/h4,7-8,16,22H,2-3,5-6,9-13H2,1H3,(H,20,23). The normalized spacial score (nSPS) is 16.7. The zero-order valence-electron chi connectivity index (χ0n) is 14.3. The molecule has 134 valence electrons. The highest BCUT2D eigenvalue weighted by atomic mass is 19.1. The van der Waals surface area contributed by atoms with Gasteiger partial charge in [0.25, 0.3) is 0 Å². The van der Waals surface area contributed by atoms with Gasteiger partial charge in [0, 0.05) is 25.3 Å². The van der Waals surface area contributed by atoms with Crippen molar-refractivity contribution in [1.29, 1.82) is 0 Å². The average molecular weight is 338 g/mol. The van der Waals surface area contributed by atoms with Crippen LogP contribution in [0.5, 0.6) is 5.75 Å². The minimum atomic E-state index is -0.392. The maximum Gasteiger partial charge on any atom is 0.317 e. The van der Waals surface area contributed by atoms with Crippen LogP contribution in [-0.2, 0) is 0 Å². The second-order valence-electron chi connectivity index (χ2n) is 6.07. The summed E-state index contributed by atoms with van der Waals surface area (Å²) in [5.41, 5.74) is 0.693. The molecule has 0 radical (unpaired) electrons. The van der Waals surface area contributed by atoms with Gasteiger partial charge in [-0.2, -0.15) is 0 Å². The monoisotopic (exact) mass is 338 g/mol. The number of aliphatic hydroxyl groups is 1. The summed E-state index contributed by atoms with van der Waals surface area (Å²) in [6.07, 6.45) is 3.93. The van der Waals surface area contributed by atoms with Gasteiger partial charge in [0.15, 0.2) is 11.6 Å². The number of ether oxygens (including phenoxy) is 1. The lowest BCUT2D eigenvalue weighted by Crippen LogP contribution is -2.42. The predicted molar refractivity (Wildman–Crippen MR) is 90.6 cm³/mol. The molecule has 0 saturated carbocycles. The SMILES string of the molecule is CCCCN(CCCO)C(=O)NC1CCCOc2c(F)cccc21. The zero-order valence-corrected chi connectivity index (χ0v) is 14.3. The van der Waals surface area contributed by atoms with Gasteiger partial charge in [0.05, 0.1) is 12.6 Å². The van der Waals surface area contributed by atoms with E-state index in [-0.39, 0.29) is 24.4 Å². The number of urea groups is 1. The summed E-state index contributed by atoms with van der Waals surface area (Å²) in [5, 5.41) is 12.0. The molecule has 6 heteroatoms. The Morgan fingerprint density at radius 1 is 1.42 bits per heavy atom. The van der Waals surface area contributed by atoms with Crippen molar-refractivity contribution in [2.24, 2.45) is 0 Å². The van der Waals surface area contributed by atoms with Gasteiger partial charge in [-0.1, -0.05) is 25.5 Å². The maximum atomic E-state index is 14.0. The number of unbranched alkanes of at least 4 members (excludes halogenated alkanes) is 1. The molecule has 1 unspecified atom stereocenters. The van der Waals surface area contributed by atoms with E-state index in [1.165, 1.54) is 6.07 Å². The lowest BCUT2D eigenvalue weighted by atomic mass is 10.0. The van der Waals surface area contributed by atoms with Crippen LogP contribution in [0.15, 0.2) is 18.2 Å². The number of halogens is 1. The Bertz CT molecular complexity index is 531.